The average molecular weight is 507 g/mol. The molecule has 162 valence electrons. The van der Waals surface area contributed by atoms with Crippen LogP contribution in [0.25, 0.3) is 0 Å². The van der Waals surface area contributed by atoms with Crippen LogP contribution in [-0.2, 0) is 9.47 Å². The van der Waals surface area contributed by atoms with E-state index in [9.17, 15) is 0 Å². The molecule has 0 aliphatic carbocycles. The number of ether oxygens (including phenoxy) is 3. The first-order valence-corrected chi connectivity index (χ1v) is 9.83. The normalized spacial score (nSPS) is 12.4. The third-order valence-electron chi connectivity index (χ3n) is 3.98. The minimum Gasteiger partial charge on any atom is -0.493 e. The van der Waals surface area contributed by atoms with Crippen molar-refractivity contribution in [3.8, 4) is 5.75 Å². The molecule has 28 heavy (non-hydrogen) atoms. The molecule has 0 radical (unpaired) electrons. The van der Waals surface area contributed by atoms with Crippen molar-refractivity contribution in [1.82, 2.24) is 10.6 Å². The van der Waals surface area contributed by atoms with Gasteiger partial charge in [-0.1, -0.05) is 26.0 Å². The van der Waals surface area contributed by atoms with Gasteiger partial charge in [0.15, 0.2) is 5.96 Å². The molecule has 0 aromatic heterocycles. The summed E-state index contributed by atoms with van der Waals surface area (Å²) in [4.78, 5) is 4.30. The second kappa shape index (κ2) is 16.9. The molecule has 1 rings (SSSR count). The van der Waals surface area contributed by atoms with Gasteiger partial charge in [0.05, 0.1) is 25.9 Å². The summed E-state index contributed by atoms with van der Waals surface area (Å²) in [7, 11) is 3.47. The Morgan fingerprint density at radius 2 is 1.75 bits per heavy atom. The molecule has 0 amide bonds. The molecule has 0 saturated carbocycles. The van der Waals surface area contributed by atoms with E-state index < -0.39 is 0 Å². The molecule has 1 aromatic carbocycles. The van der Waals surface area contributed by atoms with Crippen molar-refractivity contribution in [3.05, 3.63) is 29.8 Å². The van der Waals surface area contributed by atoms with Crippen LogP contribution in [0.1, 0.15) is 45.2 Å². The maximum Gasteiger partial charge on any atom is 0.191 e. The number of nitrogens with one attached hydrogen (secondary N) is 2. The van der Waals surface area contributed by atoms with Crippen LogP contribution in [0.4, 0.5) is 0 Å². The SMILES string of the molecule is CN=C(NCCCCOCCOC)NC(C)c1ccc(OCC(C)C)cc1.I. The molecule has 1 unspecified atom stereocenters. The zero-order valence-electron chi connectivity index (χ0n) is 18.0. The van der Waals surface area contributed by atoms with E-state index in [-0.39, 0.29) is 30.0 Å². The molecular weight excluding hydrogens is 469 g/mol. The molecule has 1 atom stereocenters. The van der Waals surface area contributed by atoms with Gasteiger partial charge in [0.2, 0.25) is 0 Å². The van der Waals surface area contributed by atoms with Gasteiger partial charge in [-0.15, -0.1) is 24.0 Å². The van der Waals surface area contributed by atoms with E-state index in [2.05, 4.69) is 48.5 Å². The maximum atomic E-state index is 5.74. The number of hydrogen-bond donors (Lipinski definition) is 2. The number of hydrogen-bond acceptors (Lipinski definition) is 4. The largest absolute Gasteiger partial charge is 0.493 e. The summed E-state index contributed by atoms with van der Waals surface area (Å²) < 4.78 is 16.1. The van der Waals surface area contributed by atoms with Gasteiger partial charge in [0.1, 0.15) is 5.75 Å². The van der Waals surface area contributed by atoms with E-state index in [1.165, 1.54) is 5.56 Å². The van der Waals surface area contributed by atoms with Crippen molar-refractivity contribution < 1.29 is 14.2 Å². The van der Waals surface area contributed by atoms with Crippen LogP contribution in [0.15, 0.2) is 29.3 Å². The highest BCUT2D eigenvalue weighted by atomic mass is 127. The Morgan fingerprint density at radius 3 is 2.36 bits per heavy atom. The number of rotatable bonds is 13. The van der Waals surface area contributed by atoms with Gasteiger partial charge in [-0.05, 0) is 43.4 Å². The summed E-state index contributed by atoms with van der Waals surface area (Å²) in [6.07, 6.45) is 2.05. The molecule has 0 aliphatic rings. The summed E-state index contributed by atoms with van der Waals surface area (Å²) in [5.41, 5.74) is 1.20. The van der Waals surface area contributed by atoms with E-state index in [4.69, 9.17) is 14.2 Å². The Labute approximate surface area is 187 Å². The molecular formula is C21H38IN3O3. The lowest BCUT2D eigenvalue weighted by atomic mass is 10.1. The van der Waals surface area contributed by atoms with E-state index in [0.717, 1.165) is 44.3 Å². The fourth-order valence-corrected chi connectivity index (χ4v) is 2.38. The summed E-state index contributed by atoms with van der Waals surface area (Å²) in [6, 6.07) is 8.40. The second-order valence-corrected chi connectivity index (χ2v) is 6.95. The van der Waals surface area contributed by atoms with Crippen LogP contribution in [0.3, 0.4) is 0 Å². The van der Waals surface area contributed by atoms with Gasteiger partial charge < -0.3 is 24.8 Å². The molecule has 6 nitrogen and oxygen atoms in total. The monoisotopic (exact) mass is 507 g/mol. The van der Waals surface area contributed by atoms with E-state index >= 15 is 0 Å². The molecule has 1 aromatic rings. The lowest BCUT2D eigenvalue weighted by Crippen LogP contribution is -2.39. The smallest absolute Gasteiger partial charge is 0.191 e. The van der Waals surface area contributed by atoms with Crippen LogP contribution in [0.2, 0.25) is 0 Å². The minimum atomic E-state index is 0. The van der Waals surface area contributed by atoms with E-state index in [1.54, 1.807) is 14.2 Å². The highest BCUT2D eigenvalue weighted by Gasteiger charge is 2.08. The standard InChI is InChI=1S/C21H37N3O3.HI/c1-17(2)16-27-20-10-8-19(9-11-20)18(3)24-21(22-4)23-12-6-7-13-26-15-14-25-5;/h8-11,17-18H,6-7,12-16H2,1-5H3,(H2,22,23,24);1H. The van der Waals surface area contributed by atoms with Crippen molar-refractivity contribution in [2.75, 3.05) is 47.1 Å². The van der Waals surface area contributed by atoms with Gasteiger partial charge in [-0.25, -0.2) is 0 Å². The predicted molar refractivity (Wildman–Crippen MR) is 127 cm³/mol. The van der Waals surface area contributed by atoms with Gasteiger partial charge in [-0.2, -0.15) is 0 Å². The number of benzene rings is 1. The zero-order valence-corrected chi connectivity index (χ0v) is 20.3. The second-order valence-electron chi connectivity index (χ2n) is 6.95. The summed E-state index contributed by atoms with van der Waals surface area (Å²) in [5, 5.41) is 6.77. The number of halogens is 1. The number of aliphatic imine (C=N–C) groups is 1. The van der Waals surface area contributed by atoms with Crippen LogP contribution in [-0.4, -0.2) is 53.1 Å². The quantitative estimate of drug-likeness (QED) is 0.183. The third-order valence-corrected chi connectivity index (χ3v) is 3.98. The Kier molecular flexibility index (Phi) is 16.2. The fourth-order valence-electron chi connectivity index (χ4n) is 2.38. The van der Waals surface area contributed by atoms with Gasteiger partial charge in [0.25, 0.3) is 0 Å². The Morgan fingerprint density at radius 1 is 1.04 bits per heavy atom. The molecule has 0 heterocycles. The number of unbranched alkanes of at least 4 members (excludes halogenated alkanes) is 1. The van der Waals surface area contributed by atoms with Crippen molar-refractivity contribution in [1.29, 1.82) is 0 Å². The minimum absolute atomic E-state index is 0. The summed E-state index contributed by atoms with van der Waals surface area (Å²) in [6.45, 7) is 10.1. The summed E-state index contributed by atoms with van der Waals surface area (Å²) in [5.74, 6) is 2.24. The molecule has 0 aliphatic heterocycles. The summed E-state index contributed by atoms with van der Waals surface area (Å²) >= 11 is 0. The van der Waals surface area contributed by atoms with Crippen LogP contribution < -0.4 is 15.4 Å². The first-order valence-electron chi connectivity index (χ1n) is 9.83. The Balaban J connectivity index is 0.00000729. The fraction of sp³-hybridized carbons (Fsp3) is 0.667. The first kappa shape index (κ1) is 26.9. The molecule has 2 N–H and O–H groups in total. The highest BCUT2D eigenvalue weighted by molar-refractivity contribution is 14.0. The van der Waals surface area contributed by atoms with Crippen molar-refractivity contribution >= 4 is 29.9 Å². The molecule has 0 bridgehead atoms. The molecule has 0 spiro atoms. The lowest BCUT2D eigenvalue weighted by molar-refractivity contribution is 0.0689. The van der Waals surface area contributed by atoms with Crippen molar-refractivity contribution in [2.45, 2.75) is 39.7 Å². The van der Waals surface area contributed by atoms with Gasteiger partial charge in [-0.3, -0.25) is 4.99 Å². The number of nitrogens with zero attached hydrogens (tertiary/aromatic N) is 1. The number of methoxy groups -OCH3 is 1. The van der Waals surface area contributed by atoms with Crippen molar-refractivity contribution in [2.24, 2.45) is 10.9 Å². The topological polar surface area (TPSA) is 64.1 Å². The van der Waals surface area contributed by atoms with E-state index in [1.807, 2.05) is 12.1 Å². The Hall–Kier alpha value is -1.06. The molecule has 0 fully saturated rings. The van der Waals surface area contributed by atoms with Crippen molar-refractivity contribution in [3.63, 3.8) is 0 Å². The molecule has 0 saturated heterocycles. The van der Waals surface area contributed by atoms with Crippen LogP contribution in [0.5, 0.6) is 5.75 Å². The zero-order chi connectivity index (χ0) is 19.9. The van der Waals surface area contributed by atoms with Gasteiger partial charge in [0, 0.05) is 27.3 Å². The highest BCUT2D eigenvalue weighted by Crippen LogP contribution is 2.18. The maximum absolute atomic E-state index is 5.74. The van der Waals surface area contributed by atoms with E-state index in [0.29, 0.717) is 19.1 Å². The van der Waals surface area contributed by atoms with Crippen LogP contribution >= 0.6 is 24.0 Å². The predicted octanol–water partition coefficient (Wildman–Crippen LogP) is 4.01. The van der Waals surface area contributed by atoms with Gasteiger partial charge >= 0.3 is 0 Å². The third kappa shape index (κ3) is 12.4. The Bertz CT molecular complexity index is 524. The molecule has 7 heteroatoms. The lowest BCUT2D eigenvalue weighted by Gasteiger charge is -2.19. The van der Waals surface area contributed by atoms with Crippen LogP contribution in [0, 0.1) is 5.92 Å². The average Bonchev–Trinajstić information content (AvgIpc) is 2.67. The first-order chi connectivity index (χ1) is 13.1. The number of guanidine groups is 1.